The summed E-state index contributed by atoms with van der Waals surface area (Å²) in [6.07, 6.45) is 2.59. The maximum Gasteiger partial charge on any atom is 0.0766 e. The van der Waals surface area contributed by atoms with Crippen molar-refractivity contribution in [2.24, 2.45) is 11.8 Å². The predicted molar refractivity (Wildman–Crippen MR) is 73.2 cm³/mol. The molecule has 1 unspecified atom stereocenters. The Labute approximate surface area is 107 Å². The number of piperidine rings is 1. The summed E-state index contributed by atoms with van der Waals surface area (Å²) in [5, 5.41) is 13.6. The van der Waals surface area contributed by atoms with E-state index in [9.17, 15) is 5.11 Å². The average molecular weight is 242 g/mol. The normalized spacial score (nSPS) is 22.9. The molecule has 102 valence electrons. The van der Waals surface area contributed by atoms with Gasteiger partial charge in [-0.25, -0.2) is 0 Å². The zero-order chi connectivity index (χ0) is 12.9. The molecule has 0 radical (unpaired) electrons. The number of hydrogen-bond donors (Lipinski definition) is 2. The highest BCUT2D eigenvalue weighted by Crippen LogP contribution is 2.17. The van der Waals surface area contributed by atoms with Crippen molar-refractivity contribution in [3.05, 3.63) is 0 Å². The van der Waals surface area contributed by atoms with Gasteiger partial charge in [-0.15, -0.1) is 0 Å². The van der Waals surface area contributed by atoms with Gasteiger partial charge in [-0.3, -0.25) is 0 Å². The SMILES string of the molecule is CCN1CCC(CNCC(C)(O)C(C)C)CC1. The zero-order valence-corrected chi connectivity index (χ0v) is 12.0. The number of hydrogen-bond acceptors (Lipinski definition) is 3. The molecular formula is C14H30N2O. The summed E-state index contributed by atoms with van der Waals surface area (Å²) in [4.78, 5) is 2.51. The minimum absolute atomic E-state index is 0.303. The Morgan fingerprint density at radius 1 is 1.35 bits per heavy atom. The molecule has 0 saturated carbocycles. The molecule has 3 heteroatoms. The average Bonchev–Trinajstić information content (AvgIpc) is 2.29. The van der Waals surface area contributed by atoms with E-state index in [2.05, 4.69) is 31.0 Å². The first-order valence-corrected chi connectivity index (χ1v) is 7.11. The molecule has 0 amide bonds. The molecular weight excluding hydrogens is 212 g/mol. The van der Waals surface area contributed by atoms with E-state index in [4.69, 9.17) is 0 Å². The van der Waals surface area contributed by atoms with Gasteiger partial charge >= 0.3 is 0 Å². The van der Waals surface area contributed by atoms with Crippen molar-refractivity contribution < 1.29 is 5.11 Å². The molecule has 1 heterocycles. The van der Waals surface area contributed by atoms with Gasteiger partial charge < -0.3 is 15.3 Å². The summed E-state index contributed by atoms with van der Waals surface area (Å²) in [7, 11) is 0. The van der Waals surface area contributed by atoms with Crippen molar-refractivity contribution >= 4 is 0 Å². The van der Waals surface area contributed by atoms with Gasteiger partial charge in [0.05, 0.1) is 5.60 Å². The number of nitrogens with one attached hydrogen (secondary N) is 1. The summed E-state index contributed by atoms with van der Waals surface area (Å²) < 4.78 is 0. The van der Waals surface area contributed by atoms with Gasteiger partial charge in [0.25, 0.3) is 0 Å². The van der Waals surface area contributed by atoms with Crippen LogP contribution in [0.2, 0.25) is 0 Å². The quantitative estimate of drug-likeness (QED) is 0.744. The van der Waals surface area contributed by atoms with Gasteiger partial charge in [-0.05, 0) is 57.8 Å². The fraction of sp³-hybridized carbons (Fsp3) is 1.00. The van der Waals surface area contributed by atoms with E-state index in [-0.39, 0.29) is 0 Å². The Kier molecular flexibility index (Phi) is 5.90. The Morgan fingerprint density at radius 2 is 1.94 bits per heavy atom. The van der Waals surface area contributed by atoms with E-state index >= 15 is 0 Å². The summed E-state index contributed by atoms with van der Waals surface area (Å²) in [6.45, 7) is 13.7. The first kappa shape index (κ1) is 14.9. The Morgan fingerprint density at radius 3 is 2.41 bits per heavy atom. The van der Waals surface area contributed by atoms with Crippen LogP contribution in [0.3, 0.4) is 0 Å². The number of aliphatic hydroxyl groups is 1. The minimum atomic E-state index is -0.579. The van der Waals surface area contributed by atoms with E-state index in [1.54, 1.807) is 0 Å². The van der Waals surface area contributed by atoms with E-state index in [0.29, 0.717) is 12.5 Å². The van der Waals surface area contributed by atoms with Gasteiger partial charge in [-0.2, -0.15) is 0 Å². The standard InChI is InChI=1S/C14H30N2O/c1-5-16-8-6-13(7-9-16)10-15-11-14(4,17)12(2)3/h12-13,15,17H,5-11H2,1-4H3. The van der Waals surface area contributed by atoms with Crippen molar-refractivity contribution in [3.8, 4) is 0 Å². The van der Waals surface area contributed by atoms with Crippen LogP contribution in [-0.4, -0.2) is 48.3 Å². The van der Waals surface area contributed by atoms with Crippen LogP contribution in [0.25, 0.3) is 0 Å². The lowest BCUT2D eigenvalue weighted by Gasteiger charge is -2.33. The van der Waals surface area contributed by atoms with Crippen LogP contribution in [0.1, 0.15) is 40.5 Å². The Bertz CT molecular complexity index is 208. The molecule has 3 nitrogen and oxygen atoms in total. The third kappa shape index (κ3) is 4.94. The third-order valence-corrected chi connectivity index (χ3v) is 4.31. The van der Waals surface area contributed by atoms with Crippen LogP contribution in [0, 0.1) is 11.8 Å². The largest absolute Gasteiger partial charge is 0.389 e. The Hall–Kier alpha value is -0.120. The molecule has 0 aromatic rings. The number of nitrogens with zero attached hydrogens (tertiary/aromatic N) is 1. The monoisotopic (exact) mass is 242 g/mol. The van der Waals surface area contributed by atoms with E-state index in [1.165, 1.54) is 32.5 Å². The lowest BCUT2D eigenvalue weighted by molar-refractivity contribution is 0.0129. The van der Waals surface area contributed by atoms with Gasteiger partial charge in [0, 0.05) is 6.54 Å². The summed E-state index contributed by atoms with van der Waals surface area (Å²) in [6, 6.07) is 0. The van der Waals surface area contributed by atoms with Crippen LogP contribution in [0.15, 0.2) is 0 Å². The molecule has 1 atom stereocenters. The van der Waals surface area contributed by atoms with Crippen molar-refractivity contribution in [2.75, 3.05) is 32.7 Å². The molecule has 1 rings (SSSR count). The second-order valence-corrected chi connectivity index (χ2v) is 6.02. The summed E-state index contributed by atoms with van der Waals surface area (Å²) in [5.74, 6) is 1.10. The molecule has 1 aliphatic rings. The molecule has 1 fully saturated rings. The smallest absolute Gasteiger partial charge is 0.0766 e. The molecule has 17 heavy (non-hydrogen) atoms. The maximum absolute atomic E-state index is 10.1. The zero-order valence-electron chi connectivity index (χ0n) is 12.0. The molecule has 0 bridgehead atoms. The van der Waals surface area contributed by atoms with Gasteiger partial charge in [0.15, 0.2) is 0 Å². The first-order chi connectivity index (χ1) is 7.95. The molecule has 1 saturated heterocycles. The predicted octanol–water partition coefficient (Wildman–Crippen LogP) is 1.71. The first-order valence-electron chi connectivity index (χ1n) is 7.11. The van der Waals surface area contributed by atoms with Gasteiger partial charge in [0.1, 0.15) is 0 Å². The van der Waals surface area contributed by atoms with E-state index in [0.717, 1.165) is 12.5 Å². The fourth-order valence-electron chi connectivity index (χ4n) is 2.24. The van der Waals surface area contributed by atoms with Crippen LogP contribution in [0.4, 0.5) is 0 Å². The van der Waals surface area contributed by atoms with Gasteiger partial charge in [0.2, 0.25) is 0 Å². The molecule has 1 aliphatic heterocycles. The van der Waals surface area contributed by atoms with Crippen LogP contribution in [0.5, 0.6) is 0 Å². The highest BCUT2D eigenvalue weighted by atomic mass is 16.3. The van der Waals surface area contributed by atoms with E-state index in [1.807, 2.05) is 6.92 Å². The van der Waals surface area contributed by atoms with Crippen LogP contribution >= 0.6 is 0 Å². The van der Waals surface area contributed by atoms with Crippen molar-refractivity contribution in [1.82, 2.24) is 10.2 Å². The van der Waals surface area contributed by atoms with Crippen molar-refractivity contribution in [3.63, 3.8) is 0 Å². The number of rotatable bonds is 6. The van der Waals surface area contributed by atoms with Crippen molar-refractivity contribution in [2.45, 2.75) is 46.1 Å². The second-order valence-electron chi connectivity index (χ2n) is 6.02. The molecule has 0 aliphatic carbocycles. The molecule has 0 aromatic heterocycles. The summed E-state index contributed by atoms with van der Waals surface area (Å²) in [5.41, 5.74) is -0.579. The molecule has 2 N–H and O–H groups in total. The van der Waals surface area contributed by atoms with E-state index < -0.39 is 5.60 Å². The van der Waals surface area contributed by atoms with Crippen LogP contribution < -0.4 is 5.32 Å². The summed E-state index contributed by atoms with van der Waals surface area (Å²) >= 11 is 0. The Balaban J connectivity index is 2.16. The highest BCUT2D eigenvalue weighted by Gasteiger charge is 2.25. The number of likely N-dealkylation sites (tertiary alicyclic amines) is 1. The second kappa shape index (κ2) is 6.72. The third-order valence-electron chi connectivity index (χ3n) is 4.31. The van der Waals surface area contributed by atoms with Crippen LogP contribution in [-0.2, 0) is 0 Å². The lowest BCUT2D eigenvalue weighted by Crippen LogP contribution is -2.44. The molecule has 0 aromatic carbocycles. The molecule has 0 spiro atoms. The maximum atomic E-state index is 10.1. The van der Waals surface area contributed by atoms with Crippen molar-refractivity contribution in [1.29, 1.82) is 0 Å². The fourth-order valence-corrected chi connectivity index (χ4v) is 2.24. The lowest BCUT2D eigenvalue weighted by atomic mass is 9.91. The highest BCUT2D eigenvalue weighted by molar-refractivity contribution is 4.80. The minimum Gasteiger partial charge on any atom is -0.389 e. The van der Waals surface area contributed by atoms with Gasteiger partial charge in [-0.1, -0.05) is 20.8 Å². The topological polar surface area (TPSA) is 35.5 Å².